The average molecular weight is 463 g/mol. The number of rotatable bonds is 5. The molecule has 1 aromatic carbocycles. The maximum Gasteiger partial charge on any atom is 0.256 e. The van der Waals surface area contributed by atoms with Crippen molar-refractivity contribution in [3.8, 4) is 11.4 Å². The summed E-state index contributed by atoms with van der Waals surface area (Å²) in [6, 6.07) is 24.3. The SMILES string of the molecule is O=C(c1cc(-c2ccn(Cc3cccnc3)n2)n2ccccc12)N1CCN(c2ccccc2)CC1. The van der Waals surface area contributed by atoms with E-state index >= 15 is 0 Å². The minimum absolute atomic E-state index is 0.0717. The molecule has 0 atom stereocenters. The summed E-state index contributed by atoms with van der Waals surface area (Å²) >= 11 is 0. The second-order valence-corrected chi connectivity index (χ2v) is 8.77. The third-order valence-corrected chi connectivity index (χ3v) is 6.57. The normalized spacial score (nSPS) is 13.9. The highest BCUT2D eigenvalue weighted by Crippen LogP contribution is 2.27. The van der Waals surface area contributed by atoms with Crippen molar-refractivity contribution in [2.24, 2.45) is 0 Å². The van der Waals surface area contributed by atoms with Gasteiger partial charge in [0.2, 0.25) is 0 Å². The summed E-state index contributed by atoms with van der Waals surface area (Å²) in [4.78, 5) is 22.1. The fourth-order valence-corrected chi connectivity index (χ4v) is 4.76. The van der Waals surface area contributed by atoms with Crippen LogP contribution in [0.1, 0.15) is 15.9 Å². The molecule has 6 rings (SSSR count). The number of hydrogen-bond donors (Lipinski definition) is 0. The summed E-state index contributed by atoms with van der Waals surface area (Å²) in [5.41, 5.74) is 5.67. The minimum Gasteiger partial charge on any atom is -0.368 e. The number of aromatic nitrogens is 4. The lowest BCUT2D eigenvalue weighted by molar-refractivity contribution is 0.0749. The van der Waals surface area contributed by atoms with Crippen LogP contribution in [0.3, 0.4) is 0 Å². The minimum atomic E-state index is 0.0717. The van der Waals surface area contributed by atoms with Crippen LogP contribution in [0.4, 0.5) is 5.69 Å². The zero-order valence-corrected chi connectivity index (χ0v) is 19.4. The smallest absolute Gasteiger partial charge is 0.256 e. The Morgan fingerprint density at radius 1 is 0.857 bits per heavy atom. The van der Waals surface area contributed by atoms with Crippen molar-refractivity contribution in [1.29, 1.82) is 0 Å². The molecule has 0 unspecified atom stereocenters. The summed E-state index contributed by atoms with van der Waals surface area (Å²) in [6.45, 7) is 3.70. The quantitative estimate of drug-likeness (QED) is 0.393. The maximum absolute atomic E-state index is 13.6. The van der Waals surface area contributed by atoms with Crippen molar-refractivity contribution in [3.63, 3.8) is 0 Å². The predicted molar refractivity (Wildman–Crippen MR) is 137 cm³/mol. The van der Waals surface area contributed by atoms with Crippen LogP contribution in [0.5, 0.6) is 0 Å². The van der Waals surface area contributed by atoms with Gasteiger partial charge in [0.05, 0.1) is 23.3 Å². The molecule has 4 aromatic heterocycles. The molecule has 0 radical (unpaired) electrons. The molecule has 1 saturated heterocycles. The number of carbonyl (C=O) groups is 1. The number of amides is 1. The molecule has 7 heteroatoms. The van der Waals surface area contributed by atoms with Crippen molar-refractivity contribution < 1.29 is 4.79 Å². The summed E-state index contributed by atoms with van der Waals surface area (Å²) in [7, 11) is 0. The Labute approximate surface area is 203 Å². The molecule has 5 aromatic rings. The first-order valence-corrected chi connectivity index (χ1v) is 11.9. The molecule has 1 fully saturated rings. The highest BCUT2D eigenvalue weighted by atomic mass is 16.2. The lowest BCUT2D eigenvalue weighted by Crippen LogP contribution is -2.48. The molecule has 1 aliphatic heterocycles. The van der Waals surface area contributed by atoms with Gasteiger partial charge in [0.1, 0.15) is 5.69 Å². The topological polar surface area (TPSA) is 58.7 Å². The summed E-state index contributed by atoms with van der Waals surface area (Å²) < 4.78 is 3.96. The monoisotopic (exact) mass is 462 g/mol. The molecule has 35 heavy (non-hydrogen) atoms. The molecule has 1 amide bonds. The second kappa shape index (κ2) is 9.10. The predicted octanol–water partition coefficient (Wildman–Crippen LogP) is 4.21. The Hall–Kier alpha value is -4.39. The van der Waals surface area contributed by atoms with E-state index in [0.29, 0.717) is 19.6 Å². The Kier molecular flexibility index (Phi) is 5.50. The van der Waals surface area contributed by atoms with E-state index in [4.69, 9.17) is 5.10 Å². The lowest BCUT2D eigenvalue weighted by atomic mass is 10.2. The first-order chi connectivity index (χ1) is 17.3. The number of hydrogen-bond acceptors (Lipinski definition) is 4. The van der Waals surface area contributed by atoms with Crippen LogP contribution in [-0.2, 0) is 6.54 Å². The fourth-order valence-electron chi connectivity index (χ4n) is 4.76. The number of piperazine rings is 1. The van der Waals surface area contributed by atoms with Crippen molar-refractivity contribution in [2.45, 2.75) is 6.54 Å². The van der Waals surface area contributed by atoms with E-state index in [2.05, 4.69) is 38.6 Å². The van der Waals surface area contributed by atoms with E-state index in [9.17, 15) is 4.79 Å². The average Bonchev–Trinajstić information content (AvgIpc) is 3.54. The van der Waals surface area contributed by atoms with Gasteiger partial charge in [-0.25, -0.2) is 0 Å². The highest BCUT2D eigenvalue weighted by molar-refractivity contribution is 6.02. The first-order valence-electron chi connectivity index (χ1n) is 11.9. The number of nitrogens with zero attached hydrogens (tertiary/aromatic N) is 6. The van der Waals surface area contributed by atoms with Crippen molar-refractivity contribution in [3.05, 3.63) is 109 Å². The maximum atomic E-state index is 13.6. The van der Waals surface area contributed by atoms with Gasteiger partial charge in [-0.3, -0.25) is 14.5 Å². The molecule has 174 valence electrons. The molecule has 5 heterocycles. The fraction of sp³-hybridized carbons (Fsp3) is 0.179. The molecule has 0 bridgehead atoms. The van der Waals surface area contributed by atoms with Crippen molar-refractivity contribution >= 4 is 17.1 Å². The lowest BCUT2D eigenvalue weighted by Gasteiger charge is -2.36. The number of fused-ring (bicyclic) bond motifs is 1. The number of para-hydroxylation sites is 1. The van der Waals surface area contributed by atoms with E-state index in [1.807, 2.05) is 76.7 Å². The van der Waals surface area contributed by atoms with Gasteiger partial charge in [-0.2, -0.15) is 5.10 Å². The largest absolute Gasteiger partial charge is 0.368 e. The van der Waals surface area contributed by atoms with Gasteiger partial charge in [-0.05, 0) is 48.0 Å². The van der Waals surface area contributed by atoms with E-state index in [-0.39, 0.29) is 5.91 Å². The zero-order chi connectivity index (χ0) is 23.6. The zero-order valence-electron chi connectivity index (χ0n) is 19.4. The van der Waals surface area contributed by atoms with Crippen molar-refractivity contribution in [1.82, 2.24) is 24.1 Å². The molecule has 1 aliphatic rings. The Morgan fingerprint density at radius 2 is 1.69 bits per heavy atom. The number of anilines is 1. The second-order valence-electron chi connectivity index (χ2n) is 8.77. The van der Waals surface area contributed by atoms with Crippen molar-refractivity contribution in [2.75, 3.05) is 31.1 Å². The van der Waals surface area contributed by atoms with Crippen LogP contribution in [0, 0.1) is 0 Å². The standard InChI is InChI=1S/C28H26N6O/c35-28(32-17-15-31(16-18-32)23-8-2-1-3-9-23)24-19-27(34-13-5-4-10-26(24)34)25-11-14-33(30-25)21-22-7-6-12-29-20-22/h1-14,19-20H,15-18,21H2. The van der Waals surface area contributed by atoms with Crippen LogP contribution in [0.15, 0.2) is 97.6 Å². The number of carbonyl (C=O) groups excluding carboxylic acids is 1. The third-order valence-electron chi connectivity index (χ3n) is 6.57. The van der Waals surface area contributed by atoms with Crippen LogP contribution in [-0.4, -0.2) is 56.2 Å². The summed E-state index contributed by atoms with van der Waals surface area (Å²) in [6.07, 6.45) is 7.58. The van der Waals surface area contributed by atoms with Crippen LogP contribution in [0.25, 0.3) is 16.9 Å². The van der Waals surface area contributed by atoms with Gasteiger partial charge in [0, 0.05) is 56.7 Å². The number of pyridine rings is 2. The van der Waals surface area contributed by atoms with Gasteiger partial charge in [0.15, 0.2) is 0 Å². The molecule has 0 saturated carbocycles. The van der Waals surface area contributed by atoms with E-state index in [0.717, 1.165) is 41.1 Å². The van der Waals surface area contributed by atoms with Gasteiger partial charge < -0.3 is 14.2 Å². The molecule has 0 N–H and O–H groups in total. The molecule has 7 nitrogen and oxygen atoms in total. The first kappa shape index (κ1) is 21.2. The summed E-state index contributed by atoms with van der Waals surface area (Å²) in [5, 5.41) is 4.79. The Morgan fingerprint density at radius 3 is 2.49 bits per heavy atom. The third kappa shape index (κ3) is 4.17. The van der Waals surface area contributed by atoms with Crippen LogP contribution >= 0.6 is 0 Å². The number of benzene rings is 1. The Bertz CT molecular complexity index is 1450. The van der Waals surface area contributed by atoms with E-state index in [1.165, 1.54) is 5.69 Å². The van der Waals surface area contributed by atoms with E-state index in [1.54, 1.807) is 6.20 Å². The van der Waals surface area contributed by atoms with Gasteiger partial charge in [-0.15, -0.1) is 0 Å². The highest BCUT2D eigenvalue weighted by Gasteiger charge is 2.25. The van der Waals surface area contributed by atoms with Gasteiger partial charge >= 0.3 is 0 Å². The Balaban J connectivity index is 1.25. The van der Waals surface area contributed by atoms with E-state index < -0.39 is 0 Å². The molecule has 0 aliphatic carbocycles. The molecular formula is C28H26N6O. The molecular weight excluding hydrogens is 436 g/mol. The van der Waals surface area contributed by atoms with Crippen LogP contribution in [0.2, 0.25) is 0 Å². The van der Waals surface area contributed by atoms with Gasteiger partial charge in [-0.1, -0.05) is 30.3 Å². The van der Waals surface area contributed by atoms with Gasteiger partial charge in [0.25, 0.3) is 5.91 Å². The van der Waals surface area contributed by atoms with Crippen LogP contribution < -0.4 is 4.90 Å². The summed E-state index contributed by atoms with van der Waals surface area (Å²) in [5.74, 6) is 0.0717. The molecule has 0 spiro atoms.